The number of rotatable bonds is 3. The standard InChI is InChI=1S/C11H12IN3OS/c1-7(8-4-3-5-17-8)15(2)10-9(12)11(16)14-6-13-10/h3-7H,1-2H3,(H,13,14,16). The van der Waals surface area contributed by atoms with Gasteiger partial charge in [0.25, 0.3) is 5.56 Å². The van der Waals surface area contributed by atoms with Crippen molar-refractivity contribution in [1.82, 2.24) is 9.97 Å². The molecule has 0 bridgehead atoms. The molecule has 6 heteroatoms. The molecule has 17 heavy (non-hydrogen) atoms. The number of hydrogen-bond acceptors (Lipinski definition) is 4. The van der Waals surface area contributed by atoms with Crippen LogP contribution in [0.1, 0.15) is 17.8 Å². The zero-order chi connectivity index (χ0) is 12.4. The summed E-state index contributed by atoms with van der Waals surface area (Å²) in [6, 6.07) is 4.32. The van der Waals surface area contributed by atoms with E-state index in [1.165, 1.54) is 11.2 Å². The fourth-order valence-corrected chi connectivity index (χ4v) is 3.02. The Labute approximate surface area is 117 Å². The lowest BCUT2D eigenvalue weighted by Gasteiger charge is -2.25. The molecule has 90 valence electrons. The number of hydrogen-bond donors (Lipinski definition) is 1. The molecule has 1 atom stereocenters. The molecule has 2 rings (SSSR count). The number of aromatic amines is 1. The zero-order valence-corrected chi connectivity index (χ0v) is 12.4. The summed E-state index contributed by atoms with van der Waals surface area (Å²) in [5.41, 5.74) is -0.0965. The Bertz CT molecular complexity index is 552. The first-order chi connectivity index (χ1) is 8.11. The second kappa shape index (κ2) is 5.18. The Hall–Kier alpha value is -0.890. The number of aromatic nitrogens is 2. The number of H-pyrrole nitrogens is 1. The second-order valence-corrected chi connectivity index (χ2v) is 5.73. The number of thiophene rings is 1. The van der Waals surface area contributed by atoms with E-state index in [1.807, 2.05) is 40.6 Å². The van der Waals surface area contributed by atoms with Crippen LogP contribution >= 0.6 is 33.9 Å². The molecule has 1 unspecified atom stereocenters. The second-order valence-electron chi connectivity index (χ2n) is 3.67. The van der Waals surface area contributed by atoms with Crippen molar-refractivity contribution in [3.05, 3.63) is 42.6 Å². The molecule has 0 aromatic carbocycles. The van der Waals surface area contributed by atoms with Crippen LogP contribution in [-0.2, 0) is 0 Å². The van der Waals surface area contributed by atoms with Crippen molar-refractivity contribution < 1.29 is 0 Å². The maximum absolute atomic E-state index is 11.5. The van der Waals surface area contributed by atoms with E-state index in [-0.39, 0.29) is 11.6 Å². The number of halogens is 1. The van der Waals surface area contributed by atoms with Crippen molar-refractivity contribution in [1.29, 1.82) is 0 Å². The molecule has 0 aliphatic heterocycles. The van der Waals surface area contributed by atoms with E-state index < -0.39 is 0 Å². The van der Waals surface area contributed by atoms with Gasteiger partial charge >= 0.3 is 0 Å². The summed E-state index contributed by atoms with van der Waals surface area (Å²) >= 11 is 3.73. The summed E-state index contributed by atoms with van der Waals surface area (Å²) in [5.74, 6) is 0.718. The van der Waals surface area contributed by atoms with Crippen LogP contribution in [0.2, 0.25) is 0 Å². The van der Waals surface area contributed by atoms with Crippen LogP contribution in [0.3, 0.4) is 0 Å². The van der Waals surface area contributed by atoms with Gasteiger partial charge in [0.15, 0.2) is 0 Å². The Morgan fingerprint density at radius 2 is 2.35 bits per heavy atom. The van der Waals surface area contributed by atoms with Gasteiger partial charge < -0.3 is 9.88 Å². The molecule has 4 nitrogen and oxygen atoms in total. The summed E-state index contributed by atoms with van der Waals surface area (Å²) in [6.07, 6.45) is 1.44. The average molecular weight is 361 g/mol. The lowest BCUT2D eigenvalue weighted by molar-refractivity contribution is 0.736. The number of anilines is 1. The summed E-state index contributed by atoms with van der Waals surface area (Å²) in [4.78, 5) is 21.6. The maximum atomic E-state index is 11.5. The maximum Gasteiger partial charge on any atom is 0.266 e. The minimum Gasteiger partial charge on any atom is -0.351 e. The van der Waals surface area contributed by atoms with Crippen molar-refractivity contribution in [3.8, 4) is 0 Å². The minimum absolute atomic E-state index is 0.0965. The quantitative estimate of drug-likeness (QED) is 0.856. The first-order valence-electron chi connectivity index (χ1n) is 5.10. The van der Waals surface area contributed by atoms with Crippen LogP contribution in [-0.4, -0.2) is 17.0 Å². The van der Waals surface area contributed by atoms with Gasteiger partial charge in [0, 0.05) is 11.9 Å². The Morgan fingerprint density at radius 1 is 1.59 bits per heavy atom. The molecule has 2 heterocycles. The highest BCUT2D eigenvalue weighted by atomic mass is 127. The fourth-order valence-electron chi connectivity index (χ4n) is 1.52. The molecule has 0 amide bonds. The molecule has 0 aliphatic carbocycles. The summed E-state index contributed by atoms with van der Waals surface area (Å²) in [6.45, 7) is 2.10. The first kappa shape index (κ1) is 12.6. The van der Waals surface area contributed by atoms with Crippen LogP contribution in [0.4, 0.5) is 5.82 Å². The van der Waals surface area contributed by atoms with Crippen molar-refractivity contribution in [2.75, 3.05) is 11.9 Å². The van der Waals surface area contributed by atoms with Crippen LogP contribution < -0.4 is 10.5 Å². The summed E-state index contributed by atoms with van der Waals surface area (Å²) in [5, 5.41) is 2.05. The predicted octanol–water partition coefficient (Wildman–Crippen LogP) is 2.63. The molecule has 0 aliphatic rings. The lowest BCUT2D eigenvalue weighted by Crippen LogP contribution is -2.26. The monoisotopic (exact) mass is 361 g/mol. The molecule has 0 saturated heterocycles. The summed E-state index contributed by atoms with van der Waals surface area (Å²) < 4.78 is 0.621. The topological polar surface area (TPSA) is 49.0 Å². The van der Waals surface area contributed by atoms with Gasteiger partial charge in [0.1, 0.15) is 9.39 Å². The molecular weight excluding hydrogens is 349 g/mol. The predicted molar refractivity (Wildman–Crippen MR) is 78.7 cm³/mol. The third-order valence-corrected chi connectivity index (χ3v) is 4.66. The molecule has 0 fully saturated rings. The fraction of sp³-hybridized carbons (Fsp3) is 0.273. The minimum atomic E-state index is -0.0965. The van der Waals surface area contributed by atoms with Crippen LogP contribution in [0.25, 0.3) is 0 Å². The van der Waals surface area contributed by atoms with Gasteiger partial charge in [0.2, 0.25) is 0 Å². The number of nitrogens with zero attached hydrogens (tertiary/aromatic N) is 2. The van der Waals surface area contributed by atoms with Crippen LogP contribution in [0.5, 0.6) is 0 Å². The van der Waals surface area contributed by atoms with E-state index in [0.29, 0.717) is 3.57 Å². The van der Waals surface area contributed by atoms with E-state index in [0.717, 1.165) is 5.82 Å². The third-order valence-electron chi connectivity index (χ3n) is 2.65. The van der Waals surface area contributed by atoms with Gasteiger partial charge in [-0.15, -0.1) is 11.3 Å². The van der Waals surface area contributed by atoms with Gasteiger partial charge in [0.05, 0.1) is 12.4 Å². The van der Waals surface area contributed by atoms with Gasteiger partial charge in [-0.05, 0) is 41.0 Å². The van der Waals surface area contributed by atoms with Gasteiger partial charge in [-0.2, -0.15) is 0 Å². The summed E-state index contributed by atoms with van der Waals surface area (Å²) in [7, 11) is 1.95. The lowest BCUT2D eigenvalue weighted by atomic mass is 10.2. The molecule has 2 aromatic rings. The van der Waals surface area contributed by atoms with Crippen LogP contribution in [0.15, 0.2) is 28.6 Å². The Kier molecular flexibility index (Phi) is 3.82. The zero-order valence-electron chi connectivity index (χ0n) is 9.48. The smallest absolute Gasteiger partial charge is 0.266 e. The molecule has 2 aromatic heterocycles. The average Bonchev–Trinajstić information content (AvgIpc) is 2.84. The highest BCUT2D eigenvalue weighted by Crippen LogP contribution is 2.28. The third kappa shape index (κ3) is 2.52. The Balaban J connectivity index is 2.34. The van der Waals surface area contributed by atoms with Gasteiger partial charge in [-0.25, -0.2) is 4.98 Å². The largest absolute Gasteiger partial charge is 0.351 e. The van der Waals surface area contributed by atoms with Crippen molar-refractivity contribution in [2.45, 2.75) is 13.0 Å². The molecule has 0 radical (unpaired) electrons. The van der Waals surface area contributed by atoms with E-state index in [9.17, 15) is 4.79 Å². The van der Waals surface area contributed by atoms with Gasteiger partial charge in [-0.3, -0.25) is 4.79 Å². The van der Waals surface area contributed by atoms with Crippen molar-refractivity contribution in [3.63, 3.8) is 0 Å². The molecule has 1 N–H and O–H groups in total. The SMILES string of the molecule is CC(c1cccs1)N(C)c1nc[nH]c(=O)c1I. The van der Waals surface area contributed by atoms with E-state index >= 15 is 0 Å². The van der Waals surface area contributed by atoms with Gasteiger partial charge in [-0.1, -0.05) is 6.07 Å². The highest BCUT2D eigenvalue weighted by molar-refractivity contribution is 14.1. The molecule has 0 saturated carbocycles. The van der Waals surface area contributed by atoms with Crippen molar-refractivity contribution >= 4 is 39.7 Å². The normalized spacial score (nSPS) is 12.4. The highest BCUT2D eigenvalue weighted by Gasteiger charge is 2.17. The van der Waals surface area contributed by atoms with E-state index in [2.05, 4.69) is 28.3 Å². The van der Waals surface area contributed by atoms with E-state index in [1.54, 1.807) is 11.3 Å². The Morgan fingerprint density at radius 3 is 3.00 bits per heavy atom. The van der Waals surface area contributed by atoms with E-state index in [4.69, 9.17) is 0 Å². The molecule has 0 spiro atoms. The first-order valence-corrected chi connectivity index (χ1v) is 7.06. The number of nitrogens with one attached hydrogen (secondary N) is 1. The van der Waals surface area contributed by atoms with Crippen molar-refractivity contribution in [2.24, 2.45) is 0 Å². The molecular formula is C11H12IN3OS. The van der Waals surface area contributed by atoms with Crippen LogP contribution in [0, 0.1) is 3.57 Å².